The Hall–Kier alpha value is -3.22. The van der Waals surface area contributed by atoms with Crippen molar-refractivity contribution in [3.63, 3.8) is 0 Å². The van der Waals surface area contributed by atoms with E-state index in [4.69, 9.17) is 9.47 Å². The molecule has 0 aromatic heterocycles. The molecule has 0 radical (unpaired) electrons. The van der Waals surface area contributed by atoms with Crippen molar-refractivity contribution in [2.24, 2.45) is 0 Å². The number of carbonyl (C=O) groups is 2. The Bertz CT molecular complexity index is 883. The molecule has 154 valence electrons. The standard InChI is InChI=1S/C22H26N2O5/c1-28-19-9-8-16(14-20(19)29-2)15-21(26)23-10-5-11-24(13-12-23)22(27)17-6-3-4-7-18(17)25/h3-4,6-9,14,25H,5,10-13,15H2,1-2H3. The fourth-order valence-electron chi connectivity index (χ4n) is 3.47. The molecule has 1 saturated heterocycles. The number of rotatable bonds is 5. The second-order valence-electron chi connectivity index (χ2n) is 6.91. The molecule has 7 heteroatoms. The zero-order valence-corrected chi connectivity index (χ0v) is 16.8. The zero-order valence-electron chi connectivity index (χ0n) is 16.8. The lowest BCUT2D eigenvalue weighted by Crippen LogP contribution is -2.38. The molecule has 0 atom stereocenters. The highest BCUT2D eigenvalue weighted by molar-refractivity contribution is 5.96. The van der Waals surface area contributed by atoms with Crippen LogP contribution in [0.4, 0.5) is 0 Å². The van der Waals surface area contributed by atoms with Crippen LogP contribution >= 0.6 is 0 Å². The summed E-state index contributed by atoms with van der Waals surface area (Å²) in [4.78, 5) is 29.0. The number of benzene rings is 2. The SMILES string of the molecule is COc1ccc(CC(=O)N2CCCN(C(=O)c3ccccc3O)CC2)cc1OC. The molecule has 2 aromatic carbocycles. The fraction of sp³-hybridized carbons (Fsp3) is 0.364. The van der Waals surface area contributed by atoms with Crippen molar-refractivity contribution in [3.8, 4) is 17.2 Å². The normalized spacial score (nSPS) is 14.3. The molecule has 0 spiro atoms. The highest BCUT2D eigenvalue weighted by Gasteiger charge is 2.24. The van der Waals surface area contributed by atoms with E-state index in [0.717, 1.165) is 5.56 Å². The summed E-state index contributed by atoms with van der Waals surface area (Å²) in [5.74, 6) is 0.986. The number of para-hydroxylation sites is 1. The van der Waals surface area contributed by atoms with Gasteiger partial charge in [0.25, 0.3) is 5.91 Å². The Kier molecular flexibility index (Phi) is 6.59. The minimum atomic E-state index is -0.211. The first kappa shape index (κ1) is 20.5. The molecule has 29 heavy (non-hydrogen) atoms. The van der Waals surface area contributed by atoms with Crippen LogP contribution in [-0.2, 0) is 11.2 Å². The van der Waals surface area contributed by atoms with Gasteiger partial charge in [0.2, 0.25) is 5.91 Å². The van der Waals surface area contributed by atoms with Crippen LogP contribution < -0.4 is 9.47 Å². The number of hydrogen-bond donors (Lipinski definition) is 1. The molecule has 0 bridgehead atoms. The average Bonchev–Trinajstić information content (AvgIpc) is 3.00. The van der Waals surface area contributed by atoms with Gasteiger partial charge in [-0.1, -0.05) is 18.2 Å². The minimum absolute atomic E-state index is 0.00840. The van der Waals surface area contributed by atoms with Crippen LogP contribution in [-0.4, -0.2) is 67.1 Å². The number of ether oxygens (including phenoxy) is 2. The van der Waals surface area contributed by atoms with E-state index in [1.807, 2.05) is 12.1 Å². The number of methoxy groups -OCH3 is 2. The summed E-state index contributed by atoms with van der Waals surface area (Å²) in [6, 6.07) is 12.0. The highest BCUT2D eigenvalue weighted by Crippen LogP contribution is 2.28. The van der Waals surface area contributed by atoms with Gasteiger partial charge in [-0.15, -0.1) is 0 Å². The molecule has 2 amide bonds. The molecular weight excluding hydrogens is 372 g/mol. The number of aromatic hydroxyl groups is 1. The molecule has 3 rings (SSSR count). The first-order valence-corrected chi connectivity index (χ1v) is 9.59. The van der Waals surface area contributed by atoms with Gasteiger partial charge in [0.05, 0.1) is 26.2 Å². The van der Waals surface area contributed by atoms with E-state index in [1.165, 1.54) is 6.07 Å². The van der Waals surface area contributed by atoms with Gasteiger partial charge in [-0.05, 0) is 36.2 Å². The summed E-state index contributed by atoms with van der Waals surface area (Å²) in [7, 11) is 3.14. The molecule has 0 unspecified atom stereocenters. The highest BCUT2D eigenvalue weighted by atomic mass is 16.5. The number of amides is 2. The second-order valence-corrected chi connectivity index (χ2v) is 6.91. The maximum Gasteiger partial charge on any atom is 0.257 e. The number of nitrogens with zero attached hydrogens (tertiary/aromatic N) is 2. The van der Waals surface area contributed by atoms with Crippen molar-refractivity contribution in [1.29, 1.82) is 0 Å². The van der Waals surface area contributed by atoms with Crippen LogP contribution in [0.25, 0.3) is 0 Å². The summed E-state index contributed by atoms with van der Waals surface area (Å²) < 4.78 is 10.5. The van der Waals surface area contributed by atoms with E-state index in [-0.39, 0.29) is 29.5 Å². The Balaban J connectivity index is 1.62. The fourth-order valence-corrected chi connectivity index (χ4v) is 3.47. The zero-order chi connectivity index (χ0) is 20.8. The predicted molar refractivity (Wildman–Crippen MR) is 108 cm³/mol. The number of hydrogen-bond acceptors (Lipinski definition) is 5. The molecule has 2 aromatic rings. The van der Waals surface area contributed by atoms with Crippen LogP contribution in [0.5, 0.6) is 17.2 Å². The Morgan fingerprint density at radius 1 is 0.931 bits per heavy atom. The van der Waals surface area contributed by atoms with Gasteiger partial charge >= 0.3 is 0 Å². The van der Waals surface area contributed by atoms with Gasteiger partial charge in [-0.3, -0.25) is 9.59 Å². The van der Waals surface area contributed by atoms with Gasteiger partial charge in [0.1, 0.15) is 5.75 Å². The van der Waals surface area contributed by atoms with Crippen LogP contribution in [0.3, 0.4) is 0 Å². The van der Waals surface area contributed by atoms with E-state index in [0.29, 0.717) is 44.1 Å². The number of carbonyl (C=O) groups excluding carboxylic acids is 2. The minimum Gasteiger partial charge on any atom is -0.507 e. The van der Waals surface area contributed by atoms with E-state index in [2.05, 4.69) is 0 Å². The molecule has 1 aliphatic rings. The van der Waals surface area contributed by atoms with Crippen molar-refractivity contribution in [3.05, 3.63) is 53.6 Å². The Morgan fingerprint density at radius 2 is 1.62 bits per heavy atom. The Labute approximate surface area is 170 Å². The summed E-state index contributed by atoms with van der Waals surface area (Å²) in [5, 5.41) is 9.94. The summed E-state index contributed by atoms with van der Waals surface area (Å²) in [6.07, 6.45) is 0.949. The van der Waals surface area contributed by atoms with Crippen LogP contribution in [0.15, 0.2) is 42.5 Å². The van der Waals surface area contributed by atoms with Crippen molar-refractivity contribution in [2.45, 2.75) is 12.8 Å². The van der Waals surface area contributed by atoms with Crippen LogP contribution in [0.1, 0.15) is 22.3 Å². The third-order valence-electron chi connectivity index (χ3n) is 5.07. The van der Waals surface area contributed by atoms with Crippen molar-refractivity contribution in [2.75, 3.05) is 40.4 Å². The average molecular weight is 398 g/mol. The smallest absolute Gasteiger partial charge is 0.257 e. The van der Waals surface area contributed by atoms with E-state index >= 15 is 0 Å². The maximum absolute atomic E-state index is 12.8. The first-order chi connectivity index (χ1) is 14.0. The van der Waals surface area contributed by atoms with Crippen LogP contribution in [0, 0.1) is 0 Å². The lowest BCUT2D eigenvalue weighted by molar-refractivity contribution is -0.130. The van der Waals surface area contributed by atoms with Gasteiger partial charge in [-0.25, -0.2) is 0 Å². The molecule has 1 N–H and O–H groups in total. The molecule has 1 aliphatic heterocycles. The molecule has 1 heterocycles. The van der Waals surface area contributed by atoms with Crippen molar-refractivity contribution in [1.82, 2.24) is 9.80 Å². The first-order valence-electron chi connectivity index (χ1n) is 9.59. The summed E-state index contributed by atoms with van der Waals surface area (Å²) in [5.41, 5.74) is 1.14. The lowest BCUT2D eigenvalue weighted by Gasteiger charge is -2.22. The molecular formula is C22H26N2O5. The quantitative estimate of drug-likeness (QED) is 0.836. The number of phenols is 1. The molecule has 0 aliphatic carbocycles. The van der Waals surface area contributed by atoms with Gasteiger partial charge < -0.3 is 24.4 Å². The largest absolute Gasteiger partial charge is 0.507 e. The number of phenolic OH excluding ortho intramolecular Hbond substituents is 1. The second kappa shape index (κ2) is 9.32. The lowest BCUT2D eigenvalue weighted by atomic mass is 10.1. The molecule has 7 nitrogen and oxygen atoms in total. The van der Waals surface area contributed by atoms with Crippen LogP contribution in [0.2, 0.25) is 0 Å². The van der Waals surface area contributed by atoms with E-state index in [9.17, 15) is 14.7 Å². The van der Waals surface area contributed by atoms with E-state index < -0.39 is 0 Å². The van der Waals surface area contributed by atoms with Crippen molar-refractivity contribution < 1.29 is 24.2 Å². The third-order valence-corrected chi connectivity index (χ3v) is 5.07. The van der Waals surface area contributed by atoms with Gasteiger partial charge in [0, 0.05) is 26.2 Å². The predicted octanol–water partition coefficient (Wildman–Crippen LogP) is 2.33. The van der Waals surface area contributed by atoms with Gasteiger partial charge in [0.15, 0.2) is 11.5 Å². The van der Waals surface area contributed by atoms with Gasteiger partial charge in [-0.2, -0.15) is 0 Å². The summed E-state index contributed by atoms with van der Waals surface area (Å²) in [6.45, 7) is 2.04. The summed E-state index contributed by atoms with van der Waals surface area (Å²) >= 11 is 0. The Morgan fingerprint density at radius 3 is 2.34 bits per heavy atom. The van der Waals surface area contributed by atoms with E-state index in [1.54, 1.807) is 48.3 Å². The monoisotopic (exact) mass is 398 g/mol. The van der Waals surface area contributed by atoms with Crippen molar-refractivity contribution >= 4 is 11.8 Å². The molecule has 1 fully saturated rings. The maximum atomic E-state index is 12.8. The topological polar surface area (TPSA) is 79.3 Å². The third kappa shape index (κ3) is 4.80. The molecule has 0 saturated carbocycles.